The minimum absolute atomic E-state index is 0.00970. The summed E-state index contributed by atoms with van der Waals surface area (Å²) in [6.07, 6.45) is 9.78. The number of fused-ring (bicyclic) bond motifs is 1. The quantitative estimate of drug-likeness (QED) is 0.800. The number of carbonyl (C=O) groups excluding carboxylic acids is 1. The van der Waals surface area contributed by atoms with Crippen LogP contribution in [0.2, 0.25) is 0 Å². The lowest BCUT2D eigenvalue weighted by molar-refractivity contribution is -0.0351. The standard InChI is InChI=1S/C21H19NO3/c23-21(16-9-6-12-22-13-16)25-20-17-10-4-5-11-19(17)24-14-18(20)15-7-2-1-3-8-15/h1-9,11-13,17-18,20H,10,14H2. The second-order valence-electron chi connectivity index (χ2n) is 6.28. The van der Waals surface area contributed by atoms with Crippen molar-refractivity contribution in [2.45, 2.75) is 18.4 Å². The third-order valence-corrected chi connectivity index (χ3v) is 4.74. The van der Waals surface area contributed by atoms with E-state index in [9.17, 15) is 4.79 Å². The van der Waals surface area contributed by atoms with Crippen molar-refractivity contribution in [1.82, 2.24) is 4.98 Å². The fourth-order valence-electron chi connectivity index (χ4n) is 3.47. The molecule has 2 aliphatic rings. The summed E-state index contributed by atoms with van der Waals surface area (Å²) in [5, 5.41) is 0. The third kappa shape index (κ3) is 3.20. The Bertz CT molecular complexity index is 798. The van der Waals surface area contributed by atoms with Crippen LogP contribution >= 0.6 is 0 Å². The average molecular weight is 333 g/mol. The summed E-state index contributed by atoms with van der Waals surface area (Å²) in [6.45, 7) is 0.505. The topological polar surface area (TPSA) is 48.4 Å². The van der Waals surface area contributed by atoms with Gasteiger partial charge < -0.3 is 9.47 Å². The summed E-state index contributed by atoms with van der Waals surface area (Å²) in [5.41, 5.74) is 1.60. The molecule has 4 nitrogen and oxygen atoms in total. The van der Waals surface area contributed by atoms with Gasteiger partial charge in [-0.1, -0.05) is 42.5 Å². The Morgan fingerprint density at radius 3 is 2.80 bits per heavy atom. The van der Waals surface area contributed by atoms with Crippen LogP contribution in [0, 0.1) is 5.92 Å². The van der Waals surface area contributed by atoms with E-state index in [4.69, 9.17) is 9.47 Å². The molecule has 1 aliphatic carbocycles. The van der Waals surface area contributed by atoms with Crippen LogP contribution in [0.1, 0.15) is 28.3 Å². The van der Waals surface area contributed by atoms with Gasteiger partial charge in [-0.3, -0.25) is 4.98 Å². The summed E-state index contributed by atoms with van der Waals surface area (Å²) < 4.78 is 12.0. The number of carbonyl (C=O) groups is 1. The van der Waals surface area contributed by atoms with Crippen LogP contribution in [0.4, 0.5) is 0 Å². The molecule has 126 valence electrons. The van der Waals surface area contributed by atoms with E-state index in [0.717, 1.165) is 17.7 Å². The van der Waals surface area contributed by atoms with Gasteiger partial charge in [-0.05, 0) is 30.2 Å². The van der Waals surface area contributed by atoms with Crippen molar-refractivity contribution in [1.29, 1.82) is 0 Å². The lowest BCUT2D eigenvalue weighted by atomic mass is 9.80. The van der Waals surface area contributed by atoms with Gasteiger partial charge in [-0.15, -0.1) is 0 Å². The predicted molar refractivity (Wildman–Crippen MR) is 93.9 cm³/mol. The molecule has 4 heteroatoms. The summed E-state index contributed by atoms with van der Waals surface area (Å²) in [7, 11) is 0. The first-order valence-corrected chi connectivity index (χ1v) is 8.48. The molecule has 0 bridgehead atoms. The van der Waals surface area contributed by atoms with E-state index in [1.54, 1.807) is 18.3 Å². The largest absolute Gasteiger partial charge is 0.497 e. The molecular formula is C21H19NO3. The van der Waals surface area contributed by atoms with Crippen molar-refractivity contribution < 1.29 is 14.3 Å². The summed E-state index contributed by atoms with van der Waals surface area (Å²) >= 11 is 0. The Kier molecular flexibility index (Phi) is 4.34. The molecule has 0 spiro atoms. The van der Waals surface area contributed by atoms with Crippen LogP contribution in [0.25, 0.3) is 0 Å². The SMILES string of the molecule is O=C(OC1C2CC=CC=C2OCC1c1ccccc1)c1cccnc1. The van der Waals surface area contributed by atoms with Crippen LogP contribution in [0.15, 0.2) is 78.8 Å². The van der Waals surface area contributed by atoms with Gasteiger partial charge in [0.05, 0.1) is 24.0 Å². The molecule has 2 heterocycles. The molecule has 2 aromatic rings. The highest BCUT2D eigenvalue weighted by atomic mass is 16.6. The van der Waals surface area contributed by atoms with Gasteiger partial charge >= 0.3 is 5.97 Å². The second-order valence-corrected chi connectivity index (χ2v) is 6.28. The highest BCUT2D eigenvalue weighted by Crippen LogP contribution is 2.40. The van der Waals surface area contributed by atoms with E-state index < -0.39 is 0 Å². The van der Waals surface area contributed by atoms with Crippen molar-refractivity contribution in [2.24, 2.45) is 5.92 Å². The number of rotatable bonds is 3. The third-order valence-electron chi connectivity index (χ3n) is 4.74. The lowest BCUT2D eigenvalue weighted by Gasteiger charge is -2.39. The molecule has 1 aliphatic heterocycles. The number of nitrogens with zero attached hydrogens (tertiary/aromatic N) is 1. The van der Waals surface area contributed by atoms with E-state index in [1.165, 1.54) is 6.20 Å². The van der Waals surface area contributed by atoms with E-state index >= 15 is 0 Å². The maximum absolute atomic E-state index is 12.6. The van der Waals surface area contributed by atoms with Gasteiger partial charge in [0.1, 0.15) is 11.9 Å². The van der Waals surface area contributed by atoms with E-state index in [2.05, 4.69) is 23.2 Å². The minimum Gasteiger partial charge on any atom is -0.497 e. The zero-order valence-corrected chi connectivity index (χ0v) is 13.7. The van der Waals surface area contributed by atoms with Crippen molar-refractivity contribution in [3.63, 3.8) is 0 Å². The van der Waals surface area contributed by atoms with Crippen LogP contribution in [-0.4, -0.2) is 23.7 Å². The summed E-state index contributed by atoms with van der Waals surface area (Å²) in [5.74, 6) is 0.619. The monoisotopic (exact) mass is 333 g/mol. The van der Waals surface area contributed by atoms with Gasteiger partial charge in [0.15, 0.2) is 0 Å². The fraction of sp³-hybridized carbons (Fsp3) is 0.238. The lowest BCUT2D eigenvalue weighted by Crippen LogP contribution is -2.41. The molecule has 4 rings (SSSR count). The Balaban J connectivity index is 1.64. The molecule has 3 atom stereocenters. The molecule has 1 aromatic carbocycles. The molecular weight excluding hydrogens is 314 g/mol. The fourth-order valence-corrected chi connectivity index (χ4v) is 3.47. The number of allylic oxidation sites excluding steroid dienone is 3. The van der Waals surface area contributed by atoms with Gasteiger partial charge in [-0.25, -0.2) is 4.79 Å². The van der Waals surface area contributed by atoms with Crippen molar-refractivity contribution in [3.8, 4) is 0 Å². The van der Waals surface area contributed by atoms with Crippen molar-refractivity contribution >= 4 is 5.97 Å². The number of esters is 1. The Morgan fingerprint density at radius 1 is 1.12 bits per heavy atom. The first-order valence-electron chi connectivity index (χ1n) is 8.48. The van der Waals surface area contributed by atoms with Crippen molar-refractivity contribution in [2.75, 3.05) is 6.61 Å². The van der Waals surface area contributed by atoms with Crippen LogP contribution < -0.4 is 0 Å². The zero-order valence-electron chi connectivity index (χ0n) is 13.7. The number of aromatic nitrogens is 1. The number of hydrogen-bond donors (Lipinski definition) is 0. The van der Waals surface area contributed by atoms with Crippen LogP contribution in [-0.2, 0) is 9.47 Å². The first kappa shape index (κ1) is 15.6. The number of pyridine rings is 1. The highest BCUT2D eigenvalue weighted by molar-refractivity contribution is 5.89. The molecule has 0 amide bonds. The number of hydrogen-bond acceptors (Lipinski definition) is 4. The van der Waals surface area contributed by atoms with E-state index in [1.807, 2.05) is 30.4 Å². The zero-order chi connectivity index (χ0) is 17.1. The van der Waals surface area contributed by atoms with Crippen molar-refractivity contribution in [3.05, 3.63) is 90.0 Å². The second kappa shape index (κ2) is 6.93. The molecule has 0 radical (unpaired) electrons. The smallest absolute Gasteiger partial charge is 0.340 e. The average Bonchev–Trinajstić information content (AvgIpc) is 2.69. The molecule has 0 saturated carbocycles. The highest BCUT2D eigenvalue weighted by Gasteiger charge is 2.41. The van der Waals surface area contributed by atoms with Crippen LogP contribution in [0.5, 0.6) is 0 Å². The molecule has 1 fully saturated rings. The minimum atomic E-state index is -0.338. The molecule has 25 heavy (non-hydrogen) atoms. The maximum Gasteiger partial charge on any atom is 0.340 e. The van der Waals surface area contributed by atoms with E-state index in [-0.39, 0.29) is 23.9 Å². The molecule has 0 N–H and O–H groups in total. The molecule has 1 aromatic heterocycles. The van der Waals surface area contributed by atoms with Gasteiger partial charge in [-0.2, -0.15) is 0 Å². The predicted octanol–water partition coefficient (Wildman–Crippen LogP) is 3.88. The molecule has 3 unspecified atom stereocenters. The van der Waals surface area contributed by atoms with Gasteiger partial charge in [0.25, 0.3) is 0 Å². The first-order chi connectivity index (χ1) is 12.3. The van der Waals surface area contributed by atoms with Gasteiger partial charge in [0, 0.05) is 12.4 Å². The van der Waals surface area contributed by atoms with E-state index in [0.29, 0.717) is 12.2 Å². The Hall–Kier alpha value is -2.88. The maximum atomic E-state index is 12.6. The van der Waals surface area contributed by atoms with Crippen LogP contribution in [0.3, 0.4) is 0 Å². The summed E-state index contributed by atoms with van der Waals surface area (Å²) in [6, 6.07) is 13.6. The van der Waals surface area contributed by atoms with Gasteiger partial charge in [0.2, 0.25) is 0 Å². The number of benzene rings is 1. The normalized spacial score (nSPS) is 24.6. The summed E-state index contributed by atoms with van der Waals surface area (Å²) in [4.78, 5) is 16.6. The number of ether oxygens (including phenoxy) is 2. The Morgan fingerprint density at radius 2 is 2.00 bits per heavy atom. The Labute approximate surface area is 146 Å². The molecule has 1 saturated heterocycles.